The summed E-state index contributed by atoms with van der Waals surface area (Å²) < 4.78 is 0. The van der Waals surface area contributed by atoms with Gasteiger partial charge in [0, 0.05) is 23.3 Å². The van der Waals surface area contributed by atoms with E-state index in [1.54, 1.807) is 0 Å². The molecule has 1 aromatic carbocycles. The van der Waals surface area contributed by atoms with Crippen LogP contribution in [0.3, 0.4) is 0 Å². The molecule has 1 heterocycles. The molecule has 19 heavy (non-hydrogen) atoms. The number of nitro benzene ring substituents is 1. The van der Waals surface area contributed by atoms with Gasteiger partial charge in [-0.3, -0.25) is 19.7 Å². The Bertz CT molecular complexity index is 763. The maximum Gasteiger partial charge on any atom is 0.270 e. The second-order valence-electron chi connectivity index (χ2n) is 3.81. The van der Waals surface area contributed by atoms with Gasteiger partial charge in [-0.25, -0.2) is 0 Å². The molecule has 0 unspecified atom stereocenters. The van der Waals surface area contributed by atoms with Gasteiger partial charge in [-0.2, -0.15) is 0 Å². The van der Waals surface area contributed by atoms with E-state index in [1.807, 2.05) is 0 Å². The molecule has 0 amide bonds. The average molecular weight is 260 g/mol. The lowest BCUT2D eigenvalue weighted by Gasteiger charge is -2.10. The summed E-state index contributed by atoms with van der Waals surface area (Å²) in [6.45, 7) is 0. The molecule has 0 atom stereocenters. The third-order valence-corrected chi connectivity index (χ3v) is 2.74. The van der Waals surface area contributed by atoms with Gasteiger partial charge >= 0.3 is 0 Å². The average Bonchev–Trinajstić information content (AvgIpc) is 2.77. The minimum absolute atomic E-state index is 0.00333. The van der Waals surface area contributed by atoms with Gasteiger partial charge in [0.1, 0.15) is 0 Å². The van der Waals surface area contributed by atoms with Crippen molar-refractivity contribution in [2.45, 2.75) is 0 Å². The minimum Gasteiger partial charge on any atom is -0.396 e. The van der Waals surface area contributed by atoms with Crippen LogP contribution in [0.1, 0.15) is 32.1 Å². The molecule has 1 aromatic heterocycles. The van der Waals surface area contributed by atoms with E-state index in [1.165, 1.54) is 6.07 Å². The van der Waals surface area contributed by atoms with E-state index in [2.05, 4.69) is 10.2 Å². The van der Waals surface area contributed by atoms with Crippen LogP contribution >= 0.6 is 0 Å². The Labute approximate surface area is 104 Å². The number of hydrogen-bond acceptors (Lipinski definition) is 7. The number of carbonyl (C=O) groups excluding carboxylic acids is 2. The van der Waals surface area contributed by atoms with Crippen LogP contribution < -0.4 is 0 Å². The molecule has 1 aliphatic rings. The third-order valence-electron chi connectivity index (χ3n) is 2.74. The first kappa shape index (κ1) is 11.0. The summed E-state index contributed by atoms with van der Waals surface area (Å²) in [4.78, 5) is 34.2. The van der Waals surface area contributed by atoms with E-state index < -0.39 is 16.5 Å². The SMILES string of the molecule is O=C1c2ccc([N+](=O)[O-])cc2C(=O)c2nn(O)nc21. The van der Waals surface area contributed by atoms with Crippen molar-refractivity contribution in [1.82, 2.24) is 15.2 Å². The number of nitrogens with zero attached hydrogens (tertiary/aromatic N) is 4. The number of non-ortho nitro benzene ring substituents is 1. The number of fused-ring (bicyclic) bond motifs is 2. The topological polar surface area (TPSA) is 128 Å². The molecule has 0 saturated heterocycles. The van der Waals surface area contributed by atoms with Crippen molar-refractivity contribution in [3.8, 4) is 0 Å². The molecule has 1 aliphatic carbocycles. The number of ketones is 2. The monoisotopic (exact) mass is 260 g/mol. The smallest absolute Gasteiger partial charge is 0.270 e. The van der Waals surface area contributed by atoms with Gasteiger partial charge in [-0.15, -0.1) is 10.2 Å². The first-order chi connectivity index (χ1) is 8.99. The van der Waals surface area contributed by atoms with Crippen LogP contribution in [0.25, 0.3) is 0 Å². The standard InChI is InChI=1S/C10H4N4O5/c15-9-5-2-1-4(13(17)18)3-6(5)10(16)8-7(9)11-14(19)12-8/h1-3,19H. The Hall–Kier alpha value is -3.10. The van der Waals surface area contributed by atoms with E-state index >= 15 is 0 Å². The largest absolute Gasteiger partial charge is 0.396 e. The number of benzene rings is 1. The Kier molecular flexibility index (Phi) is 2.00. The number of nitro groups is 1. The fraction of sp³-hybridized carbons (Fsp3) is 0. The van der Waals surface area contributed by atoms with Crippen molar-refractivity contribution in [3.05, 3.63) is 50.8 Å². The van der Waals surface area contributed by atoms with Crippen molar-refractivity contribution in [2.24, 2.45) is 0 Å². The normalized spacial score (nSPS) is 13.1. The summed E-state index contributed by atoms with van der Waals surface area (Å²) >= 11 is 0. The quantitative estimate of drug-likeness (QED) is 0.376. The van der Waals surface area contributed by atoms with Crippen LogP contribution in [0.5, 0.6) is 0 Å². The van der Waals surface area contributed by atoms with Crippen LogP contribution in [0, 0.1) is 10.1 Å². The van der Waals surface area contributed by atoms with Crippen molar-refractivity contribution in [1.29, 1.82) is 0 Å². The Morgan fingerprint density at radius 2 is 1.68 bits per heavy atom. The summed E-state index contributed by atoms with van der Waals surface area (Å²) in [5, 5.41) is 26.5. The molecule has 1 N–H and O–H groups in total. The molecule has 0 aliphatic heterocycles. The highest BCUT2D eigenvalue weighted by Crippen LogP contribution is 2.27. The molecular weight excluding hydrogens is 256 g/mol. The number of carbonyl (C=O) groups is 2. The molecule has 0 spiro atoms. The highest BCUT2D eigenvalue weighted by molar-refractivity contribution is 6.27. The molecule has 0 bridgehead atoms. The fourth-order valence-electron chi connectivity index (χ4n) is 1.89. The highest BCUT2D eigenvalue weighted by Gasteiger charge is 2.35. The Balaban J connectivity index is 2.26. The van der Waals surface area contributed by atoms with E-state index in [0.717, 1.165) is 12.1 Å². The molecule has 2 aromatic rings. The van der Waals surface area contributed by atoms with Crippen LogP contribution in [0.4, 0.5) is 5.69 Å². The van der Waals surface area contributed by atoms with Crippen LogP contribution in [-0.2, 0) is 0 Å². The molecule has 3 rings (SSSR count). The first-order valence-electron chi connectivity index (χ1n) is 5.03. The first-order valence-corrected chi connectivity index (χ1v) is 5.03. The zero-order valence-electron chi connectivity index (χ0n) is 9.10. The number of rotatable bonds is 1. The summed E-state index contributed by atoms with van der Waals surface area (Å²) in [5.74, 6) is -1.30. The molecule has 9 nitrogen and oxygen atoms in total. The molecule has 0 radical (unpaired) electrons. The molecule has 9 heteroatoms. The summed E-state index contributed by atoms with van der Waals surface area (Å²) in [6, 6.07) is 3.32. The van der Waals surface area contributed by atoms with Crippen molar-refractivity contribution in [2.75, 3.05) is 0 Å². The summed E-state index contributed by atoms with van der Waals surface area (Å²) in [7, 11) is 0. The van der Waals surface area contributed by atoms with Crippen molar-refractivity contribution >= 4 is 17.3 Å². The maximum atomic E-state index is 12.0. The van der Waals surface area contributed by atoms with Gasteiger partial charge in [-0.1, -0.05) is 0 Å². The number of hydrogen-bond donors (Lipinski definition) is 1. The zero-order chi connectivity index (χ0) is 13.7. The molecular formula is C10H4N4O5. The van der Waals surface area contributed by atoms with Gasteiger partial charge in [-0.05, 0) is 11.0 Å². The summed E-state index contributed by atoms with van der Waals surface area (Å²) in [5.41, 5.74) is -1.01. The molecule has 0 saturated carbocycles. The van der Waals surface area contributed by atoms with E-state index in [-0.39, 0.29) is 33.2 Å². The predicted octanol–water partition coefficient (Wildman–Crippen LogP) is 0.199. The molecule has 94 valence electrons. The van der Waals surface area contributed by atoms with E-state index in [4.69, 9.17) is 5.21 Å². The van der Waals surface area contributed by atoms with Crippen LogP contribution in [0.15, 0.2) is 18.2 Å². The number of aromatic nitrogens is 3. The molecule has 0 fully saturated rings. The van der Waals surface area contributed by atoms with E-state index in [9.17, 15) is 19.7 Å². The lowest BCUT2D eigenvalue weighted by atomic mass is 9.90. The second-order valence-corrected chi connectivity index (χ2v) is 3.81. The van der Waals surface area contributed by atoms with Gasteiger partial charge in [0.05, 0.1) is 4.92 Å². The van der Waals surface area contributed by atoms with E-state index in [0.29, 0.717) is 0 Å². The Morgan fingerprint density at radius 1 is 1.11 bits per heavy atom. The van der Waals surface area contributed by atoms with Crippen LogP contribution in [-0.4, -0.2) is 36.9 Å². The van der Waals surface area contributed by atoms with Gasteiger partial charge < -0.3 is 5.21 Å². The minimum atomic E-state index is -0.686. The lowest BCUT2D eigenvalue weighted by molar-refractivity contribution is -0.384. The predicted molar refractivity (Wildman–Crippen MR) is 57.2 cm³/mol. The van der Waals surface area contributed by atoms with Crippen LogP contribution in [0.2, 0.25) is 0 Å². The maximum absolute atomic E-state index is 12.0. The van der Waals surface area contributed by atoms with Gasteiger partial charge in [0.15, 0.2) is 11.4 Å². The highest BCUT2D eigenvalue weighted by atomic mass is 16.6. The van der Waals surface area contributed by atoms with Crippen molar-refractivity contribution < 1.29 is 19.7 Å². The van der Waals surface area contributed by atoms with Crippen molar-refractivity contribution in [3.63, 3.8) is 0 Å². The fourth-order valence-corrected chi connectivity index (χ4v) is 1.89. The lowest BCUT2D eigenvalue weighted by Crippen LogP contribution is -2.21. The van der Waals surface area contributed by atoms with Gasteiger partial charge in [0.25, 0.3) is 5.69 Å². The summed E-state index contributed by atoms with van der Waals surface area (Å²) in [6.07, 6.45) is 0. The zero-order valence-corrected chi connectivity index (χ0v) is 9.10. The third kappa shape index (κ3) is 1.41. The van der Waals surface area contributed by atoms with Gasteiger partial charge in [0.2, 0.25) is 11.6 Å². The second kappa shape index (κ2) is 3.45. The Morgan fingerprint density at radius 3 is 2.26 bits per heavy atom.